The summed E-state index contributed by atoms with van der Waals surface area (Å²) >= 11 is 1.34. The van der Waals surface area contributed by atoms with Crippen molar-refractivity contribution in [2.45, 2.75) is 19.8 Å². The highest BCUT2D eigenvalue weighted by Gasteiger charge is 2.05. The average Bonchev–Trinajstić information content (AvgIpc) is 2.47. The number of hydrogen-bond acceptors (Lipinski definition) is 3. The molecule has 0 aliphatic rings. The van der Waals surface area contributed by atoms with Crippen LogP contribution < -0.4 is 0 Å². The number of para-hydroxylation sites is 1. The first-order valence-electron chi connectivity index (χ1n) is 4.38. The van der Waals surface area contributed by atoms with Gasteiger partial charge >= 0.3 is 0 Å². The van der Waals surface area contributed by atoms with Crippen LogP contribution in [0.25, 0.3) is 10.2 Å². The van der Waals surface area contributed by atoms with Crippen LogP contribution in [0.5, 0.6) is 5.19 Å². The molecule has 0 bridgehead atoms. The SMILES string of the molecule is CCCc1cccc2sc(O)nc12. The number of aromatic hydroxyl groups is 1. The molecular formula is C10H11NOS. The molecule has 2 rings (SSSR count). The van der Waals surface area contributed by atoms with Crippen LogP contribution in [0.3, 0.4) is 0 Å². The summed E-state index contributed by atoms with van der Waals surface area (Å²) in [7, 11) is 0. The molecule has 0 unspecified atom stereocenters. The van der Waals surface area contributed by atoms with Gasteiger partial charge in [0.05, 0.1) is 10.2 Å². The Morgan fingerprint density at radius 2 is 2.31 bits per heavy atom. The third kappa shape index (κ3) is 1.52. The molecule has 2 aromatic rings. The maximum absolute atomic E-state index is 9.26. The van der Waals surface area contributed by atoms with Crippen molar-refractivity contribution in [3.05, 3.63) is 23.8 Å². The molecule has 0 radical (unpaired) electrons. The molecule has 0 fully saturated rings. The van der Waals surface area contributed by atoms with E-state index in [1.165, 1.54) is 16.9 Å². The second-order valence-corrected chi connectivity index (χ2v) is 4.02. The lowest BCUT2D eigenvalue weighted by Crippen LogP contribution is -1.84. The topological polar surface area (TPSA) is 33.1 Å². The van der Waals surface area contributed by atoms with E-state index in [9.17, 15) is 5.11 Å². The maximum atomic E-state index is 9.26. The highest BCUT2D eigenvalue weighted by atomic mass is 32.1. The second kappa shape index (κ2) is 3.34. The summed E-state index contributed by atoms with van der Waals surface area (Å²) in [4.78, 5) is 4.11. The molecule has 1 aromatic carbocycles. The van der Waals surface area contributed by atoms with Crippen LogP contribution in [-0.2, 0) is 6.42 Å². The van der Waals surface area contributed by atoms with Crippen LogP contribution in [0.2, 0.25) is 0 Å². The van der Waals surface area contributed by atoms with Gasteiger partial charge in [-0.2, -0.15) is 0 Å². The minimum Gasteiger partial charge on any atom is -0.486 e. The third-order valence-electron chi connectivity index (χ3n) is 2.01. The van der Waals surface area contributed by atoms with Crippen molar-refractivity contribution in [2.24, 2.45) is 0 Å². The molecule has 0 saturated heterocycles. The van der Waals surface area contributed by atoms with Gasteiger partial charge in [-0.25, -0.2) is 4.98 Å². The van der Waals surface area contributed by atoms with E-state index in [-0.39, 0.29) is 5.19 Å². The minimum atomic E-state index is 0.165. The summed E-state index contributed by atoms with van der Waals surface area (Å²) in [5.74, 6) is 0. The van der Waals surface area contributed by atoms with E-state index in [0.29, 0.717) is 0 Å². The number of benzene rings is 1. The molecule has 13 heavy (non-hydrogen) atoms. The summed E-state index contributed by atoms with van der Waals surface area (Å²) < 4.78 is 1.07. The molecule has 0 saturated carbocycles. The second-order valence-electron chi connectivity index (χ2n) is 3.01. The fourth-order valence-corrected chi connectivity index (χ4v) is 2.22. The van der Waals surface area contributed by atoms with Gasteiger partial charge in [-0.1, -0.05) is 36.8 Å². The monoisotopic (exact) mass is 193 g/mol. The standard InChI is InChI=1S/C10H11NOS/c1-2-4-7-5-3-6-8-9(7)11-10(12)13-8/h3,5-6H,2,4H2,1H3,(H,11,12). The normalized spacial score (nSPS) is 10.8. The Morgan fingerprint density at radius 1 is 1.46 bits per heavy atom. The summed E-state index contributed by atoms with van der Waals surface area (Å²) in [5.41, 5.74) is 2.20. The number of rotatable bonds is 2. The molecule has 1 N–H and O–H groups in total. The third-order valence-corrected chi connectivity index (χ3v) is 2.83. The van der Waals surface area contributed by atoms with Gasteiger partial charge in [0, 0.05) is 0 Å². The Balaban J connectivity index is 2.60. The van der Waals surface area contributed by atoms with E-state index >= 15 is 0 Å². The van der Waals surface area contributed by atoms with E-state index in [4.69, 9.17) is 0 Å². The molecule has 2 nitrogen and oxygen atoms in total. The van der Waals surface area contributed by atoms with E-state index in [2.05, 4.69) is 18.0 Å². The first kappa shape index (κ1) is 8.51. The molecule has 0 aliphatic heterocycles. The Morgan fingerprint density at radius 3 is 3.08 bits per heavy atom. The number of aryl methyl sites for hydroxylation is 1. The van der Waals surface area contributed by atoms with Crippen molar-refractivity contribution in [3.8, 4) is 5.19 Å². The lowest BCUT2D eigenvalue weighted by Gasteiger charge is -1.97. The van der Waals surface area contributed by atoms with Crippen LogP contribution in [-0.4, -0.2) is 10.1 Å². The number of thiazole rings is 1. The van der Waals surface area contributed by atoms with E-state index in [1.54, 1.807) is 0 Å². The largest absolute Gasteiger partial charge is 0.486 e. The van der Waals surface area contributed by atoms with Gasteiger partial charge in [0.15, 0.2) is 0 Å². The van der Waals surface area contributed by atoms with Crippen LogP contribution in [0.4, 0.5) is 0 Å². The fourth-order valence-electron chi connectivity index (χ4n) is 1.46. The molecular weight excluding hydrogens is 182 g/mol. The van der Waals surface area contributed by atoms with Crippen molar-refractivity contribution in [3.63, 3.8) is 0 Å². The van der Waals surface area contributed by atoms with E-state index < -0.39 is 0 Å². The zero-order chi connectivity index (χ0) is 9.26. The molecule has 0 aliphatic carbocycles. The van der Waals surface area contributed by atoms with Gasteiger partial charge in [-0.05, 0) is 18.1 Å². The predicted octanol–water partition coefficient (Wildman–Crippen LogP) is 2.95. The molecule has 68 valence electrons. The molecule has 3 heteroatoms. The average molecular weight is 193 g/mol. The number of aromatic nitrogens is 1. The molecule has 0 spiro atoms. The summed E-state index contributed by atoms with van der Waals surface area (Å²) in [6.45, 7) is 2.14. The van der Waals surface area contributed by atoms with Crippen molar-refractivity contribution in [1.29, 1.82) is 0 Å². The summed E-state index contributed by atoms with van der Waals surface area (Å²) in [6, 6.07) is 6.09. The number of nitrogens with zero attached hydrogens (tertiary/aromatic N) is 1. The van der Waals surface area contributed by atoms with Gasteiger partial charge in [0.2, 0.25) is 0 Å². The van der Waals surface area contributed by atoms with Crippen LogP contribution in [0, 0.1) is 0 Å². The Hall–Kier alpha value is -1.09. The lowest BCUT2D eigenvalue weighted by molar-refractivity contribution is 0.472. The lowest BCUT2D eigenvalue weighted by atomic mass is 10.1. The Bertz CT molecular complexity index is 422. The van der Waals surface area contributed by atoms with E-state index in [1.807, 2.05) is 12.1 Å². The van der Waals surface area contributed by atoms with Crippen LogP contribution in [0.15, 0.2) is 18.2 Å². The van der Waals surface area contributed by atoms with Crippen molar-refractivity contribution in [1.82, 2.24) is 4.98 Å². The van der Waals surface area contributed by atoms with Gasteiger partial charge in [0.1, 0.15) is 0 Å². The maximum Gasteiger partial charge on any atom is 0.271 e. The van der Waals surface area contributed by atoms with Crippen molar-refractivity contribution in [2.75, 3.05) is 0 Å². The summed E-state index contributed by atoms with van der Waals surface area (Å²) in [5, 5.41) is 9.42. The van der Waals surface area contributed by atoms with Crippen LogP contribution in [0.1, 0.15) is 18.9 Å². The molecule has 0 amide bonds. The van der Waals surface area contributed by atoms with Gasteiger partial charge in [0.25, 0.3) is 5.19 Å². The van der Waals surface area contributed by atoms with Crippen molar-refractivity contribution < 1.29 is 5.11 Å². The minimum absolute atomic E-state index is 0.165. The van der Waals surface area contributed by atoms with Gasteiger partial charge < -0.3 is 5.11 Å². The highest BCUT2D eigenvalue weighted by Crippen LogP contribution is 2.29. The first-order chi connectivity index (χ1) is 6.31. The fraction of sp³-hybridized carbons (Fsp3) is 0.300. The molecule has 1 heterocycles. The summed E-state index contributed by atoms with van der Waals surface area (Å²) in [6.07, 6.45) is 2.14. The predicted molar refractivity (Wildman–Crippen MR) is 55.3 cm³/mol. The smallest absolute Gasteiger partial charge is 0.271 e. The molecule has 0 atom stereocenters. The van der Waals surface area contributed by atoms with Crippen LogP contribution >= 0.6 is 11.3 Å². The highest BCUT2D eigenvalue weighted by molar-refractivity contribution is 7.20. The quantitative estimate of drug-likeness (QED) is 0.795. The Labute approximate surface area is 80.9 Å². The number of hydrogen-bond donors (Lipinski definition) is 1. The zero-order valence-corrected chi connectivity index (χ0v) is 8.27. The first-order valence-corrected chi connectivity index (χ1v) is 5.20. The Kier molecular flexibility index (Phi) is 2.19. The van der Waals surface area contributed by atoms with Gasteiger partial charge in [-0.3, -0.25) is 0 Å². The zero-order valence-electron chi connectivity index (χ0n) is 7.45. The molecule has 1 aromatic heterocycles. The van der Waals surface area contributed by atoms with Gasteiger partial charge in [-0.15, -0.1) is 0 Å². The number of fused-ring (bicyclic) bond motifs is 1. The van der Waals surface area contributed by atoms with Crippen molar-refractivity contribution >= 4 is 21.6 Å². The van der Waals surface area contributed by atoms with E-state index in [0.717, 1.165) is 23.1 Å².